The second-order valence-electron chi connectivity index (χ2n) is 6.76. The second kappa shape index (κ2) is 4.33. The van der Waals surface area contributed by atoms with Crippen LogP contribution in [0.4, 0.5) is 0 Å². The topological polar surface area (TPSA) is 159 Å². The first-order valence-electron chi connectivity index (χ1n) is 7.55. The molecule has 0 amide bonds. The molecule has 0 radical (unpaired) electrons. The van der Waals surface area contributed by atoms with Crippen molar-refractivity contribution in [2.45, 2.75) is 61.6 Å². The highest BCUT2D eigenvalue weighted by molar-refractivity contribution is 5.80. The smallest absolute Gasteiger partial charge is 0.311 e. The number of aliphatic hydroxyl groups excluding tert-OH is 2. The summed E-state index contributed by atoms with van der Waals surface area (Å²) in [5.41, 5.74) is 2.71. The number of rotatable bonds is 2. The lowest BCUT2D eigenvalue weighted by atomic mass is 9.65. The summed E-state index contributed by atoms with van der Waals surface area (Å²) in [4.78, 5) is 4.14. The van der Waals surface area contributed by atoms with Crippen molar-refractivity contribution in [3.05, 3.63) is 0 Å². The molecule has 4 aliphatic rings. The molecule has 0 saturated carbocycles. The zero-order chi connectivity index (χ0) is 16.8. The lowest BCUT2D eigenvalue weighted by Crippen LogP contribution is -2.84. The van der Waals surface area contributed by atoms with Gasteiger partial charge in [0.15, 0.2) is 18.3 Å². The predicted octanol–water partition coefficient (Wildman–Crippen LogP) is -3.45. The van der Waals surface area contributed by atoms with Gasteiger partial charge in [0.25, 0.3) is 0 Å². The van der Waals surface area contributed by atoms with E-state index in [0.29, 0.717) is 0 Å². The first-order chi connectivity index (χ1) is 10.7. The number of nitrogens with zero attached hydrogens (tertiary/aromatic N) is 1. The Bertz CT molecular complexity index is 574. The standard InChI is InChI=1S/C13H21N3O7/c1-4(18)12-6-7-11(19,3-17)5(2)22-13(20,23-7)9(12)21-8(6)15-10(14)16-12/h4-9,17-20H,3H2,1-2H3,(H3,14,15,16)/t4-,5+,6?,7?,8?,9+,11+,12?,13?/m1/s1. The molecule has 4 aliphatic heterocycles. The van der Waals surface area contributed by atoms with Gasteiger partial charge in [-0.25, -0.2) is 4.99 Å². The van der Waals surface area contributed by atoms with Crippen molar-refractivity contribution in [1.29, 1.82) is 0 Å². The van der Waals surface area contributed by atoms with Crippen molar-refractivity contribution in [2.24, 2.45) is 16.6 Å². The molecule has 10 heteroatoms. The molecule has 9 atom stereocenters. The van der Waals surface area contributed by atoms with Crippen molar-refractivity contribution in [3.8, 4) is 0 Å². The molecule has 0 aromatic rings. The average molecular weight is 331 g/mol. The van der Waals surface area contributed by atoms with Crippen LogP contribution in [0.15, 0.2) is 4.99 Å². The summed E-state index contributed by atoms with van der Waals surface area (Å²) in [5.74, 6) is -2.83. The molecule has 0 aromatic heterocycles. The fourth-order valence-corrected chi connectivity index (χ4v) is 4.41. The minimum absolute atomic E-state index is 0.0545. The van der Waals surface area contributed by atoms with Gasteiger partial charge in [0.1, 0.15) is 17.2 Å². The molecule has 5 unspecified atom stereocenters. The van der Waals surface area contributed by atoms with Gasteiger partial charge in [0.2, 0.25) is 0 Å². The zero-order valence-corrected chi connectivity index (χ0v) is 12.7. The highest BCUT2D eigenvalue weighted by Gasteiger charge is 2.79. The van der Waals surface area contributed by atoms with Crippen LogP contribution in [-0.2, 0) is 14.2 Å². The summed E-state index contributed by atoms with van der Waals surface area (Å²) < 4.78 is 16.8. The summed E-state index contributed by atoms with van der Waals surface area (Å²) in [5, 5.41) is 44.7. The minimum Gasteiger partial charge on any atom is -0.393 e. The van der Waals surface area contributed by atoms with E-state index in [2.05, 4.69) is 10.3 Å². The SMILES string of the molecule is C[C@@H]1OC2(O)OC(C3C4N=C(N)NC3([C@@H](C)O)[C@@H]2O4)[C@]1(O)CO. The van der Waals surface area contributed by atoms with Gasteiger partial charge in [-0.15, -0.1) is 0 Å². The third-order valence-electron chi connectivity index (χ3n) is 5.62. The van der Waals surface area contributed by atoms with Crippen LogP contribution in [0.2, 0.25) is 0 Å². The number of ether oxygens (including phenoxy) is 3. The molecule has 23 heavy (non-hydrogen) atoms. The van der Waals surface area contributed by atoms with Crippen molar-refractivity contribution < 1.29 is 34.6 Å². The van der Waals surface area contributed by atoms with Crippen LogP contribution < -0.4 is 11.1 Å². The van der Waals surface area contributed by atoms with E-state index >= 15 is 0 Å². The van der Waals surface area contributed by atoms with Crippen LogP contribution >= 0.6 is 0 Å². The highest BCUT2D eigenvalue weighted by Crippen LogP contribution is 2.57. The van der Waals surface area contributed by atoms with Gasteiger partial charge in [0, 0.05) is 0 Å². The molecular formula is C13H21N3O7. The fourth-order valence-electron chi connectivity index (χ4n) is 4.41. The molecule has 4 heterocycles. The molecule has 0 aromatic carbocycles. The molecule has 3 saturated heterocycles. The Morgan fingerprint density at radius 3 is 2.70 bits per heavy atom. The van der Waals surface area contributed by atoms with E-state index in [4.69, 9.17) is 19.9 Å². The first-order valence-corrected chi connectivity index (χ1v) is 7.55. The number of hydrogen-bond acceptors (Lipinski definition) is 10. The zero-order valence-electron chi connectivity index (χ0n) is 12.7. The number of fused-ring (bicyclic) bond motifs is 3. The highest BCUT2D eigenvalue weighted by atomic mass is 16.9. The molecule has 7 N–H and O–H groups in total. The van der Waals surface area contributed by atoms with E-state index in [-0.39, 0.29) is 5.96 Å². The fraction of sp³-hybridized carbons (Fsp3) is 0.923. The van der Waals surface area contributed by atoms with E-state index in [1.165, 1.54) is 13.8 Å². The molecule has 0 aliphatic carbocycles. The molecule has 0 spiro atoms. The van der Waals surface area contributed by atoms with Gasteiger partial charge in [-0.3, -0.25) is 0 Å². The van der Waals surface area contributed by atoms with Crippen molar-refractivity contribution in [2.75, 3.05) is 6.61 Å². The van der Waals surface area contributed by atoms with Gasteiger partial charge in [0.05, 0.1) is 24.7 Å². The molecule has 130 valence electrons. The van der Waals surface area contributed by atoms with E-state index in [9.17, 15) is 20.4 Å². The third-order valence-corrected chi connectivity index (χ3v) is 5.62. The Morgan fingerprint density at radius 1 is 1.39 bits per heavy atom. The second-order valence-corrected chi connectivity index (χ2v) is 6.76. The normalized spacial score (nSPS) is 58.3. The van der Waals surface area contributed by atoms with Crippen LogP contribution in [0, 0.1) is 5.92 Å². The van der Waals surface area contributed by atoms with Gasteiger partial charge in [-0.1, -0.05) is 0 Å². The molecule has 6 bridgehead atoms. The number of aliphatic hydroxyl groups is 4. The summed E-state index contributed by atoms with van der Waals surface area (Å²) in [6.07, 6.45) is -4.99. The summed E-state index contributed by atoms with van der Waals surface area (Å²) >= 11 is 0. The first kappa shape index (κ1) is 15.5. The maximum Gasteiger partial charge on any atom is 0.311 e. The van der Waals surface area contributed by atoms with Crippen LogP contribution in [-0.4, -0.2) is 80.7 Å². The Balaban J connectivity index is 1.92. The Morgan fingerprint density at radius 2 is 2.09 bits per heavy atom. The average Bonchev–Trinajstić information content (AvgIpc) is 2.61. The summed E-state index contributed by atoms with van der Waals surface area (Å²) in [6, 6.07) is 0. The summed E-state index contributed by atoms with van der Waals surface area (Å²) in [6.45, 7) is 2.39. The molecular weight excluding hydrogens is 310 g/mol. The lowest BCUT2D eigenvalue weighted by molar-refractivity contribution is -0.494. The minimum atomic E-state index is -2.21. The number of nitrogens with one attached hydrogen (secondary N) is 1. The Kier molecular flexibility index (Phi) is 2.92. The van der Waals surface area contributed by atoms with E-state index in [1.807, 2.05) is 0 Å². The Hall–Kier alpha value is -1.01. The van der Waals surface area contributed by atoms with Gasteiger partial charge in [-0.2, -0.15) is 0 Å². The van der Waals surface area contributed by atoms with Gasteiger partial charge < -0.3 is 45.7 Å². The lowest BCUT2D eigenvalue weighted by Gasteiger charge is -2.60. The van der Waals surface area contributed by atoms with Gasteiger partial charge in [-0.05, 0) is 13.8 Å². The maximum atomic E-state index is 10.9. The van der Waals surface area contributed by atoms with Crippen LogP contribution in [0.5, 0.6) is 0 Å². The molecule has 4 rings (SSSR count). The predicted molar refractivity (Wildman–Crippen MR) is 73.7 cm³/mol. The van der Waals surface area contributed by atoms with Crippen LogP contribution in [0.1, 0.15) is 13.8 Å². The quantitative estimate of drug-likeness (QED) is 0.302. The third kappa shape index (κ3) is 1.59. The largest absolute Gasteiger partial charge is 0.393 e. The maximum absolute atomic E-state index is 10.9. The van der Waals surface area contributed by atoms with E-state index < -0.39 is 60.3 Å². The molecule has 3 fully saturated rings. The van der Waals surface area contributed by atoms with Crippen molar-refractivity contribution in [3.63, 3.8) is 0 Å². The number of guanidine groups is 1. The van der Waals surface area contributed by atoms with Crippen LogP contribution in [0.3, 0.4) is 0 Å². The van der Waals surface area contributed by atoms with E-state index in [1.54, 1.807) is 0 Å². The van der Waals surface area contributed by atoms with Gasteiger partial charge >= 0.3 is 5.97 Å². The number of hydrogen-bond donors (Lipinski definition) is 6. The Labute approximate surface area is 131 Å². The monoisotopic (exact) mass is 331 g/mol. The number of aliphatic imine (C=N–C) groups is 1. The molecule has 10 nitrogen and oxygen atoms in total. The van der Waals surface area contributed by atoms with Crippen LogP contribution in [0.25, 0.3) is 0 Å². The summed E-state index contributed by atoms with van der Waals surface area (Å²) in [7, 11) is 0. The van der Waals surface area contributed by atoms with E-state index in [0.717, 1.165) is 0 Å². The number of nitrogens with two attached hydrogens (primary N) is 1. The van der Waals surface area contributed by atoms with Crippen molar-refractivity contribution >= 4 is 5.96 Å². The van der Waals surface area contributed by atoms with Crippen molar-refractivity contribution in [1.82, 2.24) is 5.32 Å².